The molecule has 0 radical (unpaired) electrons. The van der Waals surface area contributed by atoms with Crippen molar-refractivity contribution >= 4 is 12.0 Å². The molecule has 0 aromatic rings. The van der Waals surface area contributed by atoms with Crippen LogP contribution in [0, 0.1) is 11.3 Å². The Kier molecular flexibility index (Phi) is 4.22. The number of hydrogen-bond acceptors (Lipinski definition) is 3. The molecule has 2 rings (SSSR count). The molecule has 0 aromatic heterocycles. The molecule has 6 heteroatoms. The van der Waals surface area contributed by atoms with E-state index in [1.165, 1.54) is 0 Å². The van der Waals surface area contributed by atoms with Gasteiger partial charge < -0.3 is 20.1 Å². The molecule has 2 N–H and O–H groups in total. The van der Waals surface area contributed by atoms with E-state index < -0.39 is 17.4 Å². The summed E-state index contributed by atoms with van der Waals surface area (Å²) >= 11 is 0. The van der Waals surface area contributed by atoms with Crippen molar-refractivity contribution in [1.29, 1.82) is 0 Å². The predicted molar refractivity (Wildman–Crippen MR) is 73.4 cm³/mol. The van der Waals surface area contributed by atoms with E-state index >= 15 is 0 Å². The molecule has 0 bridgehead atoms. The minimum absolute atomic E-state index is 0.138. The molecule has 0 saturated carbocycles. The van der Waals surface area contributed by atoms with Crippen molar-refractivity contribution in [3.63, 3.8) is 0 Å². The van der Waals surface area contributed by atoms with E-state index in [1.807, 2.05) is 11.8 Å². The van der Waals surface area contributed by atoms with E-state index in [0.717, 1.165) is 19.4 Å². The van der Waals surface area contributed by atoms with E-state index in [4.69, 9.17) is 4.74 Å². The average Bonchev–Trinajstić information content (AvgIpc) is 2.75. The molecule has 2 fully saturated rings. The summed E-state index contributed by atoms with van der Waals surface area (Å²) < 4.78 is 5.26. The first kappa shape index (κ1) is 15.1. The number of piperidine rings is 1. The molecule has 20 heavy (non-hydrogen) atoms. The lowest BCUT2D eigenvalue weighted by Crippen LogP contribution is -2.56. The van der Waals surface area contributed by atoms with Gasteiger partial charge in [-0.1, -0.05) is 6.92 Å². The van der Waals surface area contributed by atoms with Crippen molar-refractivity contribution < 1.29 is 19.4 Å². The molecular formula is C14H24N2O4. The largest absolute Gasteiger partial charge is 0.481 e. The first-order valence-electron chi connectivity index (χ1n) is 7.24. The Balaban J connectivity index is 2.02. The maximum Gasteiger partial charge on any atom is 0.317 e. The zero-order valence-electron chi connectivity index (χ0n) is 12.4. The molecule has 4 unspecified atom stereocenters. The van der Waals surface area contributed by atoms with Crippen LogP contribution in [0.3, 0.4) is 0 Å². The third-order valence-corrected chi connectivity index (χ3v) is 4.88. The van der Waals surface area contributed by atoms with E-state index in [2.05, 4.69) is 12.2 Å². The lowest BCUT2D eigenvalue weighted by molar-refractivity contribution is -0.148. The summed E-state index contributed by atoms with van der Waals surface area (Å²) in [5.41, 5.74) is -1.04. The maximum absolute atomic E-state index is 12.4. The van der Waals surface area contributed by atoms with Crippen LogP contribution in [-0.2, 0) is 9.53 Å². The Labute approximate surface area is 119 Å². The number of urea groups is 1. The van der Waals surface area contributed by atoms with Crippen LogP contribution in [0.2, 0.25) is 0 Å². The van der Waals surface area contributed by atoms with Gasteiger partial charge in [-0.3, -0.25) is 4.79 Å². The van der Waals surface area contributed by atoms with E-state index in [1.54, 1.807) is 6.92 Å². The van der Waals surface area contributed by atoms with Gasteiger partial charge in [-0.25, -0.2) is 4.79 Å². The Bertz CT molecular complexity index is 401. The number of carbonyl (C=O) groups is 2. The third kappa shape index (κ3) is 2.61. The van der Waals surface area contributed by atoms with E-state index in [9.17, 15) is 14.7 Å². The van der Waals surface area contributed by atoms with Gasteiger partial charge in [-0.2, -0.15) is 0 Å². The smallest absolute Gasteiger partial charge is 0.317 e. The first-order chi connectivity index (χ1) is 9.36. The van der Waals surface area contributed by atoms with Gasteiger partial charge in [0.15, 0.2) is 0 Å². The van der Waals surface area contributed by atoms with Gasteiger partial charge >= 0.3 is 12.0 Å². The molecule has 0 aromatic carbocycles. The van der Waals surface area contributed by atoms with Crippen LogP contribution >= 0.6 is 0 Å². The molecule has 2 saturated heterocycles. The molecular weight excluding hydrogens is 260 g/mol. The molecule has 2 aliphatic heterocycles. The second kappa shape index (κ2) is 5.60. The first-order valence-corrected chi connectivity index (χ1v) is 7.24. The number of carboxylic acid groups (broad SMARTS) is 1. The van der Waals surface area contributed by atoms with Gasteiger partial charge in [0.05, 0.1) is 19.3 Å². The van der Waals surface area contributed by atoms with Crippen LogP contribution in [0.15, 0.2) is 0 Å². The summed E-state index contributed by atoms with van der Waals surface area (Å²) in [5.74, 6) is -0.458. The van der Waals surface area contributed by atoms with Crippen LogP contribution in [0.5, 0.6) is 0 Å². The third-order valence-electron chi connectivity index (χ3n) is 4.88. The number of amides is 2. The number of likely N-dealkylation sites (tertiary alicyclic amines) is 1. The lowest BCUT2D eigenvalue weighted by Gasteiger charge is -2.39. The van der Waals surface area contributed by atoms with Gasteiger partial charge in [0.2, 0.25) is 0 Å². The van der Waals surface area contributed by atoms with Crippen molar-refractivity contribution in [2.75, 3.05) is 19.8 Å². The van der Waals surface area contributed by atoms with Crippen LogP contribution in [0.1, 0.15) is 33.6 Å². The maximum atomic E-state index is 12.4. The van der Waals surface area contributed by atoms with Crippen LogP contribution in [0.25, 0.3) is 0 Å². The molecule has 6 nitrogen and oxygen atoms in total. The number of nitrogens with zero attached hydrogens (tertiary/aromatic N) is 1. The summed E-state index contributed by atoms with van der Waals surface area (Å²) in [5, 5.41) is 12.2. The van der Waals surface area contributed by atoms with Crippen molar-refractivity contribution in [1.82, 2.24) is 10.2 Å². The summed E-state index contributed by atoms with van der Waals surface area (Å²) in [7, 11) is 0. The van der Waals surface area contributed by atoms with Crippen LogP contribution in [-0.4, -0.2) is 53.8 Å². The van der Waals surface area contributed by atoms with Crippen molar-refractivity contribution in [2.45, 2.75) is 45.7 Å². The number of carbonyl (C=O) groups excluding carboxylic acids is 1. The molecule has 0 spiro atoms. The van der Waals surface area contributed by atoms with Gasteiger partial charge in [0.1, 0.15) is 5.41 Å². The fourth-order valence-corrected chi connectivity index (χ4v) is 2.94. The molecule has 2 heterocycles. The average molecular weight is 284 g/mol. The van der Waals surface area contributed by atoms with Gasteiger partial charge in [0, 0.05) is 12.6 Å². The minimum Gasteiger partial charge on any atom is -0.481 e. The zero-order valence-corrected chi connectivity index (χ0v) is 12.4. The predicted octanol–water partition coefficient (Wildman–Crippen LogP) is 1.31. The number of rotatable bonds is 2. The SMILES string of the molecule is CC1CCCN(C(=O)NC2COCC2(C)C(=O)O)C1C. The number of carboxylic acids is 1. The van der Waals surface area contributed by atoms with Gasteiger partial charge in [0.25, 0.3) is 0 Å². The molecule has 4 atom stereocenters. The molecule has 0 aliphatic carbocycles. The van der Waals surface area contributed by atoms with Crippen molar-refractivity contribution in [3.8, 4) is 0 Å². The summed E-state index contributed by atoms with van der Waals surface area (Å²) in [6.07, 6.45) is 2.13. The highest BCUT2D eigenvalue weighted by molar-refractivity contribution is 5.79. The summed E-state index contributed by atoms with van der Waals surface area (Å²) in [6.45, 7) is 6.94. The molecule has 114 valence electrons. The Hall–Kier alpha value is -1.30. The number of hydrogen-bond donors (Lipinski definition) is 2. The van der Waals surface area contributed by atoms with Crippen molar-refractivity contribution in [2.24, 2.45) is 11.3 Å². The van der Waals surface area contributed by atoms with E-state index in [-0.39, 0.29) is 25.3 Å². The normalized spacial score (nSPS) is 37.8. The fourth-order valence-electron chi connectivity index (χ4n) is 2.94. The Morgan fingerprint density at radius 2 is 2.10 bits per heavy atom. The fraction of sp³-hybridized carbons (Fsp3) is 0.857. The molecule has 2 aliphatic rings. The van der Waals surface area contributed by atoms with Crippen LogP contribution in [0.4, 0.5) is 4.79 Å². The minimum atomic E-state index is -1.04. The number of aliphatic carboxylic acids is 1. The van der Waals surface area contributed by atoms with Crippen LogP contribution < -0.4 is 5.32 Å². The highest BCUT2D eigenvalue weighted by Gasteiger charge is 2.48. The summed E-state index contributed by atoms with van der Waals surface area (Å²) in [4.78, 5) is 25.6. The monoisotopic (exact) mass is 284 g/mol. The Morgan fingerprint density at radius 1 is 1.40 bits per heavy atom. The number of ether oxygens (including phenoxy) is 1. The number of nitrogens with one attached hydrogen (secondary N) is 1. The second-order valence-corrected chi connectivity index (χ2v) is 6.29. The Morgan fingerprint density at radius 3 is 2.75 bits per heavy atom. The topological polar surface area (TPSA) is 78.9 Å². The van der Waals surface area contributed by atoms with Crippen molar-refractivity contribution in [3.05, 3.63) is 0 Å². The standard InChI is InChI=1S/C14H24N2O4/c1-9-5-4-6-16(10(9)2)13(19)15-11-7-20-8-14(11,3)12(17)18/h9-11H,4-8H2,1-3H3,(H,15,19)(H,17,18). The lowest BCUT2D eigenvalue weighted by atomic mass is 9.85. The van der Waals surface area contributed by atoms with Gasteiger partial charge in [-0.05, 0) is 32.6 Å². The second-order valence-electron chi connectivity index (χ2n) is 6.29. The quantitative estimate of drug-likeness (QED) is 0.801. The highest BCUT2D eigenvalue weighted by atomic mass is 16.5. The highest BCUT2D eigenvalue weighted by Crippen LogP contribution is 2.29. The van der Waals surface area contributed by atoms with Gasteiger partial charge in [-0.15, -0.1) is 0 Å². The zero-order chi connectivity index (χ0) is 14.9. The van der Waals surface area contributed by atoms with E-state index in [0.29, 0.717) is 5.92 Å². The molecule has 2 amide bonds. The summed E-state index contributed by atoms with van der Waals surface area (Å²) in [6, 6.07) is -0.467.